The van der Waals surface area contributed by atoms with Gasteiger partial charge in [-0.1, -0.05) is 23.2 Å². The van der Waals surface area contributed by atoms with Crippen molar-refractivity contribution in [2.24, 2.45) is 0 Å². The standard InChI is InChI=1S/C16H11Cl2N5O3/c17-11-3-6-14(13(18)7-11)20-15(24)8-26-16(25)10-1-4-12(5-2-10)23-9-19-21-22-23/h1-7,9H,8H2,(H,20,24). The number of nitrogens with one attached hydrogen (secondary N) is 1. The number of nitrogens with zero attached hydrogens (tertiary/aromatic N) is 4. The third-order valence-corrected chi connectivity index (χ3v) is 3.80. The van der Waals surface area contributed by atoms with Gasteiger partial charge in [0.2, 0.25) is 0 Å². The minimum atomic E-state index is -0.634. The fourth-order valence-corrected chi connectivity index (χ4v) is 2.48. The third-order valence-electron chi connectivity index (χ3n) is 3.26. The summed E-state index contributed by atoms with van der Waals surface area (Å²) in [6.45, 7) is -0.452. The average Bonchev–Trinajstić information content (AvgIpc) is 3.17. The first kappa shape index (κ1) is 17.8. The summed E-state index contributed by atoms with van der Waals surface area (Å²) in [7, 11) is 0. The predicted molar refractivity (Wildman–Crippen MR) is 94.5 cm³/mol. The Balaban J connectivity index is 1.55. The van der Waals surface area contributed by atoms with Crippen LogP contribution in [0.3, 0.4) is 0 Å². The van der Waals surface area contributed by atoms with Crippen LogP contribution in [0.15, 0.2) is 48.8 Å². The van der Waals surface area contributed by atoms with Crippen molar-refractivity contribution in [1.82, 2.24) is 20.2 Å². The molecule has 0 aliphatic rings. The molecule has 0 spiro atoms. The smallest absolute Gasteiger partial charge is 0.338 e. The second kappa shape index (κ2) is 7.94. The second-order valence-corrected chi connectivity index (χ2v) is 5.89. The van der Waals surface area contributed by atoms with Gasteiger partial charge in [-0.2, -0.15) is 0 Å². The molecule has 0 aliphatic heterocycles. The van der Waals surface area contributed by atoms with Crippen molar-refractivity contribution in [1.29, 1.82) is 0 Å². The van der Waals surface area contributed by atoms with E-state index in [1.807, 2.05) is 0 Å². The molecule has 0 fully saturated rings. The molecule has 3 rings (SSSR count). The molecular formula is C16H11Cl2N5O3. The van der Waals surface area contributed by atoms with E-state index in [2.05, 4.69) is 20.8 Å². The van der Waals surface area contributed by atoms with Crippen LogP contribution in [0.4, 0.5) is 5.69 Å². The van der Waals surface area contributed by atoms with Gasteiger partial charge in [-0.25, -0.2) is 9.48 Å². The van der Waals surface area contributed by atoms with Crippen molar-refractivity contribution < 1.29 is 14.3 Å². The Hall–Kier alpha value is -2.97. The van der Waals surface area contributed by atoms with E-state index in [1.54, 1.807) is 36.4 Å². The van der Waals surface area contributed by atoms with E-state index in [4.69, 9.17) is 27.9 Å². The Kier molecular flexibility index (Phi) is 5.45. The molecule has 3 aromatic rings. The molecule has 1 aromatic heterocycles. The zero-order valence-corrected chi connectivity index (χ0v) is 14.6. The number of carbonyl (C=O) groups is 2. The largest absolute Gasteiger partial charge is 0.452 e. The first-order chi connectivity index (χ1) is 12.5. The minimum Gasteiger partial charge on any atom is -0.452 e. The molecule has 1 N–H and O–H groups in total. The normalized spacial score (nSPS) is 10.4. The maximum atomic E-state index is 12.0. The Labute approximate surface area is 157 Å². The fourth-order valence-electron chi connectivity index (χ4n) is 2.02. The Morgan fingerprint density at radius 3 is 2.54 bits per heavy atom. The maximum absolute atomic E-state index is 12.0. The Morgan fingerprint density at radius 2 is 1.88 bits per heavy atom. The van der Waals surface area contributed by atoms with Gasteiger partial charge in [0.05, 0.1) is 22.0 Å². The number of halogens is 2. The minimum absolute atomic E-state index is 0.287. The van der Waals surface area contributed by atoms with E-state index in [0.29, 0.717) is 22.0 Å². The van der Waals surface area contributed by atoms with Crippen molar-refractivity contribution in [2.45, 2.75) is 0 Å². The predicted octanol–water partition coefficient (Wildman–Crippen LogP) is 2.76. The number of hydrogen-bond acceptors (Lipinski definition) is 6. The molecule has 0 saturated heterocycles. The summed E-state index contributed by atoms with van der Waals surface area (Å²) in [5, 5.41) is 14.1. The zero-order valence-electron chi connectivity index (χ0n) is 13.1. The van der Waals surface area contributed by atoms with Crippen LogP contribution in [0.25, 0.3) is 5.69 Å². The van der Waals surface area contributed by atoms with E-state index >= 15 is 0 Å². The highest BCUT2D eigenvalue weighted by molar-refractivity contribution is 6.36. The molecule has 0 bridgehead atoms. The van der Waals surface area contributed by atoms with Gasteiger partial charge in [0, 0.05) is 5.02 Å². The van der Waals surface area contributed by atoms with Crippen LogP contribution in [-0.4, -0.2) is 38.7 Å². The molecule has 10 heteroatoms. The molecule has 1 heterocycles. The van der Waals surface area contributed by atoms with Crippen molar-refractivity contribution in [3.63, 3.8) is 0 Å². The number of aromatic nitrogens is 4. The van der Waals surface area contributed by atoms with Crippen LogP contribution in [0.1, 0.15) is 10.4 Å². The third kappa shape index (κ3) is 4.35. The lowest BCUT2D eigenvalue weighted by atomic mass is 10.2. The molecule has 0 radical (unpaired) electrons. The first-order valence-electron chi connectivity index (χ1n) is 7.28. The van der Waals surface area contributed by atoms with Gasteiger partial charge in [-0.3, -0.25) is 4.79 Å². The lowest BCUT2D eigenvalue weighted by Crippen LogP contribution is -2.21. The van der Waals surface area contributed by atoms with Gasteiger partial charge in [-0.15, -0.1) is 5.10 Å². The van der Waals surface area contributed by atoms with Crippen molar-refractivity contribution in [3.05, 3.63) is 64.4 Å². The number of tetrazole rings is 1. The van der Waals surface area contributed by atoms with Crippen LogP contribution in [0, 0.1) is 0 Å². The number of benzene rings is 2. The van der Waals surface area contributed by atoms with E-state index in [-0.39, 0.29) is 5.02 Å². The highest BCUT2D eigenvalue weighted by Crippen LogP contribution is 2.25. The Morgan fingerprint density at radius 1 is 1.12 bits per heavy atom. The lowest BCUT2D eigenvalue weighted by molar-refractivity contribution is -0.119. The number of esters is 1. The molecule has 0 unspecified atom stereocenters. The fraction of sp³-hybridized carbons (Fsp3) is 0.0625. The van der Waals surface area contributed by atoms with E-state index in [0.717, 1.165) is 0 Å². The highest BCUT2D eigenvalue weighted by atomic mass is 35.5. The van der Waals surface area contributed by atoms with Crippen LogP contribution in [0.5, 0.6) is 0 Å². The molecule has 0 saturated carbocycles. The van der Waals surface area contributed by atoms with Crippen molar-refractivity contribution in [3.8, 4) is 5.69 Å². The van der Waals surface area contributed by atoms with Crippen molar-refractivity contribution in [2.75, 3.05) is 11.9 Å². The summed E-state index contributed by atoms with van der Waals surface area (Å²) < 4.78 is 6.43. The second-order valence-electron chi connectivity index (χ2n) is 5.05. The molecule has 0 atom stereocenters. The van der Waals surface area contributed by atoms with Gasteiger partial charge in [0.1, 0.15) is 6.33 Å². The summed E-state index contributed by atoms with van der Waals surface area (Å²) in [4.78, 5) is 23.9. The maximum Gasteiger partial charge on any atom is 0.338 e. The number of carbonyl (C=O) groups excluding carboxylic acids is 2. The Bertz CT molecular complexity index is 930. The van der Waals surface area contributed by atoms with Gasteiger partial charge in [0.15, 0.2) is 6.61 Å². The number of ether oxygens (including phenoxy) is 1. The van der Waals surface area contributed by atoms with Crippen LogP contribution >= 0.6 is 23.2 Å². The highest BCUT2D eigenvalue weighted by Gasteiger charge is 2.12. The average molecular weight is 392 g/mol. The number of hydrogen-bond donors (Lipinski definition) is 1. The number of rotatable bonds is 5. The topological polar surface area (TPSA) is 99.0 Å². The first-order valence-corrected chi connectivity index (χ1v) is 8.04. The quantitative estimate of drug-likeness (QED) is 0.671. The lowest BCUT2D eigenvalue weighted by Gasteiger charge is -2.08. The molecule has 2 aromatic carbocycles. The molecule has 132 valence electrons. The summed E-state index contributed by atoms with van der Waals surface area (Å²) in [6.07, 6.45) is 1.43. The zero-order chi connectivity index (χ0) is 18.5. The summed E-state index contributed by atoms with van der Waals surface area (Å²) in [5.74, 6) is -1.15. The van der Waals surface area contributed by atoms with Crippen LogP contribution in [-0.2, 0) is 9.53 Å². The molecule has 1 amide bonds. The summed E-state index contributed by atoms with van der Waals surface area (Å²) in [6, 6.07) is 11.0. The van der Waals surface area contributed by atoms with Gasteiger partial charge < -0.3 is 10.1 Å². The van der Waals surface area contributed by atoms with E-state index in [1.165, 1.54) is 17.1 Å². The summed E-state index contributed by atoms with van der Waals surface area (Å²) in [5.41, 5.74) is 1.35. The van der Waals surface area contributed by atoms with Gasteiger partial charge in [0.25, 0.3) is 5.91 Å². The van der Waals surface area contributed by atoms with Crippen molar-refractivity contribution >= 4 is 40.8 Å². The van der Waals surface area contributed by atoms with E-state index < -0.39 is 18.5 Å². The van der Waals surface area contributed by atoms with Gasteiger partial charge >= 0.3 is 5.97 Å². The number of anilines is 1. The van der Waals surface area contributed by atoms with Crippen LogP contribution < -0.4 is 5.32 Å². The van der Waals surface area contributed by atoms with Gasteiger partial charge in [-0.05, 0) is 52.9 Å². The summed E-state index contributed by atoms with van der Waals surface area (Å²) >= 11 is 11.8. The van der Waals surface area contributed by atoms with Crippen LogP contribution in [0.2, 0.25) is 10.0 Å². The number of amides is 1. The SMILES string of the molecule is O=C(COC(=O)c1ccc(-n2cnnn2)cc1)Nc1ccc(Cl)cc1Cl. The van der Waals surface area contributed by atoms with E-state index in [9.17, 15) is 9.59 Å². The molecular weight excluding hydrogens is 381 g/mol. The molecule has 8 nitrogen and oxygen atoms in total. The molecule has 0 aliphatic carbocycles. The molecule has 26 heavy (non-hydrogen) atoms. The monoisotopic (exact) mass is 391 g/mol.